The summed E-state index contributed by atoms with van der Waals surface area (Å²) in [5.41, 5.74) is 3.19. The molecule has 0 radical (unpaired) electrons. The van der Waals surface area contributed by atoms with Gasteiger partial charge in [-0.3, -0.25) is 4.79 Å². The number of carboxylic acids is 2. The Kier molecular flexibility index (Phi) is 13.0. The fourth-order valence-electron chi connectivity index (χ4n) is 3.69. The fraction of sp³-hybridized carbons (Fsp3) is 0.667. The van der Waals surface area contributed by atoms with E-state index < -0.39 is 24.3 Å². The topological polar surface area (TPSA) is 123 Å². The summed E-state index contributed by atoms with van der Waals surface area (Å²) < 4.78 is 63.5. The third-order valence-electron chi connectivity index (χ3n) is 5.79. The number of carbonyl (C=O) groups is 3. The van der Waals surface area contributed by atoms with Crippen LogP contribution < -0.4 is 5.32 Å². The fourth-order valence-corrected chi connectivity index (χ4v) is 3.69. The Morgan fingerprint density at radius 1 is 0.949 bits per heavy atom. The second kappa shape index (κ2) is 14.9. The van der Waals surface area contributed by atoms with Crippen LogP contribution in [0.1, 0.15) is 55.2 Å². The monoisotopic (exact) mass is 572 g/mol. The first-order valence-corrected chi connectivity index (χ1v) is 12.4. The summed E-state index contributed by atoms with van der Waals surface area (Å²) in [5.74, 6) is -4.06. The summed E-state index contributed by atoms with van der Waals surface area (Å²) >= 11 is 0. The first-order valence-electron chi connectivity index (χ1n) is 12.4. The summed E-state index contributed by atoms with van der Waals surface area (Å²) in [6.45, 7) is 12.3. The first kappa shape index (κ1) is 33.9. The van der Waals surface area contributed by atoms with Crippen molar-refractivity contribution in [3.63, 3.8) is 0 Å². The van der Waals surface area contributed by atoms with E-state index in [1.807, 2.05) is 4.90 Å². The highest BCUT2D eigenvalue weighted by atomic mass is 19.4. The van der Waals surface area contributed by atoms with Crippen LogP contribution in [-0.4, -0.2) is 94.5 Å². The van der Waals surface area contributed by atoms with Gasteiger partial charge in [-0.2, -0.15) is 26.3 Å². The Morgan fingerprint density at radius 2 is 1.44 bits per heavy atom. The molecular formula is C24H34F6N4O5. The van der Waals surface area contributed by atoms with Crippen LogP contribution in [0.3, 0.4) is 0 Å². The van der Waals surface area contributed by atoms with Gasteiger partial charge in [0.05, 0.1) is 5.56 Å². The van der Waals surface area contributed by atoms with Gasteiger partial charge in [0.2, 0.25) is 0 Å². The highest BCUT2D eigenvalue weighted by Crippen LogP contribution is 2.25. The van der Waals surface area contributed by atoms with Crippen LogP contribution in [0.5, 0.6) is 0 Å². The van der Waals surface area contributed by atoms with Crippen molar-refractivity contribution >= 4 is 23.7 Å². The number of hydrogen-bond acceptors (Lipinski definition) is 6. The average Bonchev–Trinajstić information content (AvgIpc) is 3.29. The SMILES string of the molecule is CCN1CCc2cc(C(=O)N3CCCC3)c(NCC(C)C)nc2CC1.O=C(O)C(F)(F)F.O=C(O)C(F)(F)F. The molecule has 0 aliphatic carbocycles. The predicted octanol–water partition coefficient (Wildman–Crippen LogP) is 4.07. The molecule has 15 heteroatoms. The lowest BCUT2D eigenvalue weighted by Gasteiger charge is -2.20. The van der Waals surface area contributed by atoms with E-state index in [1.54, 1.807) is 0 Å². The molecular weight excluding hydrogens is 538 g/mol. The summed E-state index contributed by atoms with van der Waals surface area (Å²) in [6.07, 6.45) is -5.98. The molecule has 1 amide bonds. The van der Waals surface area contributed by atoms with Crippen molar-refractivity contribution < 1.29 is 50.9 Å². The Bertz CT molecular complexity index is 955. The number of nitrogens with one attached hydrogen (secondary N) is 1. The third kappa shape index (κ3) is 11.7. The number of carboxylic acid groups (broad SMARTS) is 2. The van der Waals surface area contributed by atoms with Crippen molar-refractivity contribution in [3.8, 4) is 0 Å². The zero-order valence-corrected chi connectivity index (χ0v) is 22.0. The molecule has 1 aromatic rings. The number of aromatic nitrogens is 1. The smallest absolute Gasteiger partial charge is 0.475 e. The zero-order chi connectivity index (χ0) is 30.0. The molecule has 3 N–H and O–H groups in total. The van der Waals surface area contributed by atoms with E-state index in [-0.39, 0.29) is 5.91 Å². The van der Waals surface area contributed by atoms with Crippen molar-refractivity contribution in [2.75, 3.05) is 44.6 Å². The second-order valence-electron chi connectivity index (χ2n) is 9.30. The number of aliphatic carboxylic acids is 2. The number of likely N-dealkylation sites (tertiary alicyclic amines) is 1. The van der Waals surface area contributed by atoms with Crippen LogP contribution in [0.15, 0.2) is 6.07 Å². The summed E-state index contributed by atoms with van der Waals surface area (Å²) in [7, 11) is 0. The average molecular weight is 573 g/mol. The van der Waals surface area contributed by atoms with Gasteiger partial charge in [-0.15, -0.1) is 0 Å². The van der Waals surface area contributed by atoms with Gasteiger partial charge in [-0.1, -0.05) is 20.8 Å². The minimum atomic E-state index is -5.08. The summed E-state index contributed by atoms with van der Waals surface area (Å²) in [4.78, 5) is 40.2. The number of rotatable bonds is 5. The maximum absolute atomic E-state index is 13.0. The van der Waals surface area contributed by atoms with Crippen LogP contribution in [0, 0.1) is 5.92 Å². The van der Waals surface area contributed by atoms with E-state index in [4.69, 9.17) is 24.8 Å². The molecule has 2 aliphatic heterocycles. The lowest BCUT2D eigenvalue weighted by Crippen LogP contribution is -2.29. The molecule has 0 spiro atoms. The number of pyridine rings is 1. The standard InChI is InChI=1S/C20H32N4O.2C2HF3O2/c1-4-23-11-7-16-13-17(20(25)24-9-5-6-10-24)19(21-14-15(2)3)22-18(16)8-12-23;2*3-2(4,5)1(6)7/h13,15H,4-12,14H2,1-3H3,(H,21,22);2*(H,6,7). The number of halogens is 6. The highest BCUT2D eigenvalue weighted by molar-refractivity contribution is 5.99. The zero-order valence-electron chi connectivity index (χ0n) is 22.0. The molecule has 222 valence electrons. The van der Waals surface area contributed by atoms with E-state index in [0.717, 1.165) is 76.3 Å². The largest absolute Gasteiger partial charge is 0.490 e. The van der Waals surface area contributed by atoms with Crippen LogP contribution in [0.4, 0.5) is 32.2 Å². The van der Waals surface area contributed by atoms with Crippen LogP contribution >= 0.6 is 0 Å². The van der Waals surface area contributed by atoms with Gasteiger partial charge in [0.1, 0.15) is 5.82 Å². The van der Waals surface area contributed by atoms with Crippen LogP contribution in [0.25, 0.3) is 0 Å². The van der Waals surface area contributed by atoms with Crippen LogP contribution in [0.2, 0.25) is 0 Å². The molecule has 0 bridgehead atoms. The molecule has 9 nitrogen and oxygen atoms in total. The molecule has 2 aliphatic rings. The van der Waals surface area contributed by atoms with Gasteiger partial charge >= 0.3 is 24.3 Å². The van der Waals surface area contributed by atoms with E-state index in [0.29, 0.717) is 5.92 Å². The van der Waals surface area contributed by atoms with E-state index >= 15 is 0 Å². The summed E-state index contributed by atoms with van der Waals surface area (Å²) in [6, 6.07) is 2.13. The minimum Gasteiger partial charge on any atom is -0.475 e. The Labute approximate surface area is 222 Å². The van der Waals surface area contributed by atoms with Gasteiger partial charge in [-0.25, -0.2) is 14.6 Å². The predicted molar refractivity (Wildman–Crippen MR) is 130 cm³/mol. The van der Waals surface area contributed by atoms with Crippen molar-refractivity contribution in [2.24, 2.45) is 5.92 Å². The Morgan fingerprint density at radius 3 is 1.87 bits per heavy atom. The number of hydrogen-bond donors (Lipinski definition) is 3. The van der Waals surface area contributed by atoms with E-state index in [2.05, 4.69) is 37.1 Å². The highest BCUT2D eigenvalue weighted by Gasteiger charge is 2.38. The number of carbonyl (C=O) groups excluding carboxylic acids is 1. The Balaban J connectivity index is 0.000000449. The van der Waals surface area contributed by atoms with Gasteiger partial charge in [0.25, 0.3) is 5.91 Å². The lowest BCUT2D eigenvalue weighted by molar-refractivity contribution is -0.193. The van der Waals surface area contributed by atoms with Gasteiger partial charge in [0.15, 0.2) is 0 Å². The number of anilines is 1. The normalized spacial score (nSPS) is 15.8. The molecule has 1 saturated heterocycles. The van der Waals surface area contributed by atoms with Crippen molar-refractivity contribution in [1.82, 2.24) is 14.8 Å². The number of nitrogens with zero attached hydrogens (tertiary/aromatic N) is 3. The number of amides is 1. The van der Waals surface area contributed by atoms with Crippen molar-refractivity contribution in [1.29, 1.82) is 0 Å². The van der Waals surface area contributed by atoms with Crippen LogP contribution in [-0.2, 0) is 22.4 Å². The summed E-state index contributed by atoms with van der Waals surface area (Å²) in [5, 5.41) is 17.7. The number of fused-ring (bicyclic) bond motifs is 1. The third-order valence-corrected chi connectivity index (χ3v) is 5.79. The quantitative estimate of drug-likeness (QED) is 0.452. The molecule has 1 fully saturated rings. The number of alkyl halides is 6. The van der Waals surface area contributed by atoms with Gasteiger partial charge in [0, 0.05) is 44.8 Å². The van der Waals surface area contributed by atoms with Gasteiger partial charge in [-0.05, 0) is 43.4 Å². The van der Waals surface area contributed by atoms with E-state index in [1.165, 1.54) is 11.3 Å². The lowest BCUT2D eigenvalue weighted by atomic mass is 10.0. The van der Waals surface area contributed by atoms with Gasteiger partial charge < -0.3 is 25.3 Å². The number of likely N-dealkylation sites (N-methyl/N-ethyl adjacent to an activating group) is 1. The maximum Gasteiger partial charge on any atom is 0.490 e. The molecule has 0 aromatic carbocycles. The molecule has 0 atom stereocenters. The molecule has 0 unspecified atom stereocenters. The van der Waals surface area contributed by atoms with E-state index in [9.17, 15) is 31.1 Å². The minimum absolute atomic E-state index is 0.149. The van der Waals surface area contributed by atoms with Crippen molar-refractivity contribution in [3.05, 3.63) is 22.9 Å². The molecule has 1 aromatic heterocycles. The molecule has 0 saturated carbocycles. The molecule has 3 heterocycles. The molecule has 3 rings (SSSR count). The first-order chi connectivity index (χ1) is 18.0. The Hall–Kier alpha value is -3.10. The second-order valence-corrected chi connectivity index (χ2v) is 9.30. The molecule has 39 heavy (non-hydrogen) atoms. The van der Waals surface area contributed by atoms with Crippen molar-refractivity contribution in [2.45, 2.75) is 58.8 Å². The maximum atomic E-state index is 13.0.